The molecule has 1 aromatic heterocycles. The highest BCUT2D eigenvalue weighted by atomic mass is 16.5. The lowest BCUT2D eigenvalue weighted by Gasteiger charge is -2.28. The van der Waals surface area contributed by atoms with Crippen LogP contribution in [0.25, 0.3) is 0 Å². The summed E-state index contributed by atoms with van der Waals surface area (Å²) in [6.45, 7) is 3.05. The molecule has 1 aliphatic rings. The third kappa shape index (κ3) is 4.35. The first-order valence-corrected chi connectivity index (χ1v) is 7.21. The van der Waals surface area contributed by atoms with Crippen molar-refractivity contribution in [2.75, 3.05) is 18.9 Å². The van der Waals surface area contributed by atoms with Gasteiger partial charge in [-0.3, -0.25) is 0 Å². The normalized spacial score (nSPS) is 23.1. The highest BCUT2D eigenvalue weighted by molar-refractivity contribution is 5.36. The Kier molecular flexibility index (Phi) is 5.39. The van der Waals surface area contributed by atoms with E-state index in [0.29, 0.717) is 18.0 Å². The molecule has 0 spiro atoms. The molecule has 0 amide bonds. The average molecular weight is 264 g/mol. The van der Waals surface area contributed by atoms with Crippen molar-refractivity contribution in [3.8, 4) is 5.88 Å². The summed E-state index contributed by atoms with van der Waals surface area (Å²) in [6.07, 6.45) is 7.46. The number of rotatable bonds is 6. The summed E-state index contributed by atoms with van der Waals surface area (Å²) >= 11 is 0. The number of nitrogens with one attached hydrogen (secondary N) is 2. The standard InChI is InChI=1S/C14H24N4O/c1-3-8-16-13-9-14(18-10-17-13)19-12-6-4-11(15-2)5-7-12/h9-12,15H,3-8H2,1-2H3,(H,16,17,18). The minimum Gasteiger partial charge on any atom is -0.474 e. The minimum atomic E-state index is 0.290. The maximum atomic E-state index is 5.95. The first kappa shape index (κ1) is 14.1. The summed E-state index contributed by atoms with van der Waals surface area (Å²) in [5.74, 6) is 1.53. The quantitative estimate of drug-likeness (QED) is 0.825. The van der Waals surface area contributed by atoms with Gasteiger partial charge in [0.25, 0.3) is 0 Å². The molecule has 1 aromatic rings. The Morgan fingerprint density at radius 1 is 1.26 bits per heavy atom. The van der Waals surface area contributed by atoms with Crippen molar-refractivity contribution in [2.45, 2.75) is 51.2 Å². The molecular weight excluding hydrogens is 240 g/mol. The van der Waals surface area contributed by atoms with Gasteiger partial charge in [0.1, 0.15) is 18.2 Å². The molecule has 1 saturated carbocycles. The van der Waals surface area contributed by atoms with E-state index in [-0.39, 0.29) is 0 Å². The lowest BCUT2D eigenvalue weighted by Crippen LogP contribution is -2.34. The lowest BCUT2D eigenvalue weighted by molar-refractivity contribution is 0.136. The van der Waals surface area contributed by atoms with Gasteiger partial charge in [0.05, 0.1) is 0 Å². The highest BCUT2D eigenvalue weighted by Crippen LogP contribution is 2.23. The molecule has 0 atom stereocenters. The van der Waals surface area contributed by atoms with E-state index in [9.17, 15) is 0 Å². The zero-order valence-corrected chi connectivity index (χ0v) is 11.9. The molecule has 2 N–H and O–H groups in total. The van der Waals surface area contributed by atoms with Crippen molar-refractivity contribution in [3.05, 3.63) is 12.4 Å². The Morgan fingerprint density at radius 2 is 2.05 bits per heavy atom. The molecule has 5 nitrogen and oxygen atoms in total. The molecule has 5 heteroatoms. The Balaban J connectivity index is 1.85. The summed E-state index contributed by atoms with van der Waals surface area (Å²) in [7, 11) is 2.03. The van der Waals surface area contributed by atoms with Crippen LogP contribution in [0.1, 0.15) is 39.0 Å². The van der Waals surface area contributed by atoms with Crippen LogP contribution in [0.5, 0.6) is 5.88 Å². The molecule has 0 radical (unpaired) electrons. The molecule has 1 aliphatic carbocycles. The average Bonchev–Trinajstić information content (AvgIpc) is 2.46. The SMILES string of the molecule is CCCNc1cc(OC2CCC(NC)CC2)ncn1. The van der Waals surface area contributed by atoms with Crippen LogP contribution in [-0.4, -0.2) is 35.7 Å². The van der Waals surface area contributed by atoms with Crippen LogP contribution in [0.2, 0.25) is 0 Å². The maximum Gasteiger partial charge on any atom is 0.218 e. The van der Waals surface area contributed by atoms with Gasteiger partial charge in [-0.1, -0.05) is 6.92 Å². The van der Waals surface area contributed by atoms with Crippen molar-refractivity contribution in [1.29, 1.82) is 0 Å². The van der Waals surface area contributed by atoms with Crippen molar-refractivity contribution in [1.82, 2.24) is 15.3 Å². The van der Waals surface area contributed by atoms with Gasteiger partial charge < -0.3 is 15.4 Å². The number of hydrogen-bond acceptors (Lipinski definition) is 5. The zero-order valence-electron chi connectivity index (χ0n) is 11.9. The molecule has 1 fully saturated rings. The van der Waals surface area contributed by atoms with Gasteiger partial charge in [0, 0.05) is 18.7 Å². The molecule has 0 saturated heterocycles. The number of anilines is 1. The molecule has 1 heterocycles. The molecule has 19 heavy (non-hydrogen) atoms. The second-order valence-corrected chi connectivity index (χ2v) is 5.05. The second-order valence-electron chi connectivity index (χ2n) is 5.05. The molecule has 0 bridgehead atoms. The van der Waals surface area contributed by atoms with Crippen LogP contribution in [0.15, 0.2) is 12.4 Å². The smallest absolute Gasteiger partial charge is 0.218 e. The van der Waals surface area contributed by atoms with Crippen LogP contribution in [-0.2, 0) is 0 Å². The Morgan fingerprint density at radius 3 is 2.74 bits per heavy atom. The summed E-state index contributed by atoms with van der Waals surface area (Å²) in [4.78, 5) is 8.37. The molecule has 0 aromatic carbocycles. The lowest BCUT2D eigenvalue weighted by atomic mass is 9.93. The summed E-state index contributed by atoms with van der Waals surface area (Å²) < 4.78 is 5.95. The second kappa shape index (κ2) is 7.28. The van der Waals surface area contributed by atoms with Crippen LogP contribution in [0.3, 0.4) is 0 Å². The summed E-state index contributed by atoms with van der Waals surface area (Å²) in [5, 5.41) is 6.58. The van der Waals surface area contributed by atoms with Crippen molar-refractivity contribution in [3.63, 3.8) is 0 Å². The van der Waals surface area contributed by atoms with E-state index in [1.54, 1.807) is 6.33 Å². The van der Waals surface area contributed by atoms with E-state index in [1.165, 1.54) is 12.8 Å². The van der Waals surface area contributed by atoms with Crippen molar-refractivity contribution >= 4 is 5.82 Å². The van der Waals surface area contributed by atoms with Crippen LogP contribution >= 0.6 is 0 Å². The van der Waals surface area contributed by atoms with E-state index < -0.39 is 0 Å². The number of ether oxygens (including phenoxy) is 1. The van der Waals surface area contributed by atoms with E-state index in [4.69, 9.17) is 4.74 Å². The van der Waals surface area contributed by atoms with Crippen LogP contribution in [0.4, 0.5) is 5.82 Å². The molecular formula is C14H24N4O. The van der Waals surface area contributed by atoms with Gasteiger partial charge >= 0.3 is 0 Å². The molecule has 106 valence electrons. The predicted octanol–water partition coefficient (Wildman–Crippen LogP) is 2.21. The maximum absolute atomic E-state index is 5.95. The topological polar surface area (TPSA) is 59.1 Å². The monoisotopic (exact) mass is 264 g/mol. The van der Waals surface area contributed by atoms with Crippen LogP contribution in [0, 0.1) is 0 Å². The van der Waals surface area contributed by atoms with Gasteiger partial charge in [-0.05, 0) is 39.2 Å². The van der Waals surface area contributed by atoms with Gasteiger partial charge in [-0.2, -0.15) is 0 Å². The minimum absolute atomic E-state index is 0.290. The largest absolute Gasteiger partial charge is 0.474 e. The fraction of sp³-hybridized carbons (Fsp3) is 0.714. The van der Waals surface area contributed by atoms with Crippen LogP contribution < -0.4 is 15.4 Å². The summed E-state index contributed by atoms with van der Waals surface area (Å²) in [5.41, 5.74) is 0. The number of nitrogens with zero attached hydrogens (tertiary/aromatic N) is 2. The predicted molar refractivity (Wildman–Crippen MR) is 76.5 cm³/mol. The Hall–Kier alpha value is -1.36. The first-order chi connectivity index (χ1) is 9.31. The zero-order chi connectivity index (χ0) is 13.5. The van der Waals surface area contributed by atoms with Gasteiger partial charge in [0.15, 0.2) is 0 Å². The van der Waals surface area contributed by atoms with Gasteiger partial charge in [0.2, 0.25) is 5.88 Å². The van der Waals surface area contributed by atoms with E-state index in [1.807, 2.05) is 13.1 Å². The third-order valence-corrected chi connectivity index (χ3v) is 3.57. The van der Waals surface area contributed by atoms with E-state index >= 15 is 0 Å². The van der Waals surface area contributed by atoms with E-state index in [0.717, 1.165) is 31.6 Å². The Labute approximate surface area is 115 Å². The van der Waals surface area contributed by atoms with Gasteiger partial charge in [-0.15, -0.1) is 0 Å². The molecule has 2 rings (SSSR count). The summed E-state index contributed by atoms with van der Waals surface area (Å²) in [6, 6.07) is 2.53. The fourth-order valence-corrected chi connectivity index (χ4v) is 2.39. The Bertz CT molecular complexity index is 377. The molecule has 0 aliphatic heterocycles. The third-order valence-electron chi connectivity index (χ3n) is 3.57. The highest BCUT2D eigenvalue weighted by Gasteiger charge is 2.21. The van der Waals surface area contributed by atoms with E-state index in [2.05, 4.69) is 27.5 Å². The number of aromatic nitrogens is 2. The van der Waals surface area contributed by atoms with Crippen molar-refractivity contribution in [2.24, 2.45) is 0 Å². The fourth-order valence-electron chi connectivity index (χ4n) is 2.39. The number of hydrogen-bond donors (Lipinski definition) is 2. The van der Waals surface area contributed by atoms with Crippen molar-refractivity contribution < 1.29 is 4.74 Å². The first-order valence-electron chi connectivity index (χ1n) is 7.21. The van der Waals surface area contributed by atoms with Gasteiger partial charge in [-0.25, -0.2) is 9.97 Å². The molecule has 0 unspecified atom stereocenters.